The highest BCUT2D eigenvalue weighted by atomic mass is 19.1. The smallest absolute Gasteiger partial charge is 0.227 e. The number of fused-ring (bicyclic) bond motifs is 1. The summed E-state index contributed by atoms with van der Waals surface area (Å²) in [7, 11) is 1.63. The summed E-state index contributed by atoms with van der Waals surface area (Å²) in [6.07, 6.45) is 3.98. The van der Waals surface area contributed by atoms with Gasteiger partial charge in [-0.05, 0) is 66.3 Å². The van der Waals surface area contributed by atoms with Crippen LogP contribution in [0, 0.1) is 5.82 Å². The van der Waals surface area contributed by atoms with Gasteiger partial charge in [-0.3, -0.25) is 14.5 Å². The fourth-order valence-corrected chi connectivity index (χ4v) is 5.62. The molecule has 2 unspecified atom stereocenters. The lowest BCUT2D eigenvalue weighted by Gasteiger charge is -2.35. The molecule has 5 rings (SSSR count). The molecule has 1 heterocycles. The molecule has 1 aliphatic heterocycles. The van der Waals surface area contributed by atoms with Crippen molar-refractivity contribution in [1.29, 1.82) is 0 Å². The normalized spacial score (nSPS) is 18.8. The number of carbonyl (C=O) groups excluding carboxylic acids is 2. The molecule has 1 aliphatic carbocycles. The molecule has 3 aromatic carbocycles. The molecule has 0 bridgehead atoms. The van der Waals surface area contributed by atoms with Crippen molar-refractivity contribution in [3.05, 3.63) is 101 Å². The van der Waals surface area contributed by atoms with Crippen molar-refractivity contribution in [1.82, 2.24) is 0 Å². The Morgan fingerprint density at radius 1 is 1.00 bits per heavy atom. The highest BCUT2D eigenvalue weighted by Gasteiger charge is 2.41. The number of Topliss-reactive ketones (excluding diaryl/α,β-unsaturated/α-hetero) is 1. The van der Waals surface area contributed by atoms with E-state index in [1.807, 2.05) is 54.6 Å². The first-order valence-corrected chi connectivity index (χ1v) is 13.3. The van der Waals surface area contributed by atoms with Crippen molar-refractivity contribution in [2.24, 2.45) is 0 Å². The number of ether oxygens (including phenoxy) is 1. The van der Waals surface area contributed by atoms with E-state index < -0.39 is 11.9 Å². The summed E-state index contributed by atoms with van der Waals surface area (Å²) in [5.74, 6) is 0.245. The molecule has 5 nitrogen and oxygen atoms in total. The Hall–Kier alpha value is -3.93. The van der Waals surface area contributed by atoms with Crippen LogP contribution in [0.1, 0.15) is 68.5 Å². The van der Waals surface area contributed by atoms with Crippen LogP contribution in [-0.4, -0.2) is 18.8 Å². The van der Waals surface area contributed by atoms with Crippen LogP contribution in [0.4, 0.5) is 15.8 Å². The number of allylic oxidation sites excluding steroid dienone is 1. The standard InChI is InChI=1S/C32H33FN2O3/c1-3-4-5-13-30(37)35-28-12-7-6-11-26(28)34-27-19-23(21-14-16-25(38-2)17-15-21)20-29(36)31(27)32(35)22-9-8-10-24(33)18-22/h6-12,14-18,23,32,34H,3-5,13,19-20H2,1-2H3. The average Bonchev–Trinajstić information content (AvgIpc) is 3.08. The monoisotopic (exact) mass is 512 g/mol. The molecule has 1 amide bonds. The van der Waals surface area contributed by atoms with Gasteiger partial charge in [-0.25, -0.2) is 4.39 Å². The predicted molar refractivity (Wildman–Crippen MR) is 148 cm³/mol. The number of methoxy groups -OCH3 is 1. The third-order valence-electron chi connectivity index (χ3n) is 7.50. The first kappa shape index (κ1) is 25.7. The van der Waals surface area contributed by atoms with Crippen LogP contribution >= 0.6 is 0 Å². The molecule has 3 aromatic rings. The van der Waals surface area contributed by atoms with E-state index in [9.17, 15) is 14.0 Å². The lowest BCUT2D eigenvalue weighted by Crippen LogP contribution is -2.38. The third kappa shape index (κ3) is 5.08. The van der Waals surface area contributed by atoms with Crippen LogP contribution in [0.3, 0.4) is 0 Å². The number of anilines is 2. The number of nitrogens with one attached hydrogen (secondary N) is 1. The molecule has 2 atom stereocenters. The van der Waals surface area contributed by atoms with Gasteiger partial charge in [0.05, 0.1) is 24.5 Å². The number of unbranched alkanes of at least 4 members (excludes halogenated alkanes) is 2. The largest absolute Gasteiger partial charge is 0.497 e. The summed E-state index contributed by atoms with van der Waals surface area (Å²) in [5, 5.41) is 3.53. The maximum Gasteiger partial charge on any atom is 0.227 e. The number of hydrogen-bond acceptors (Lipinski definition) is 4. The average molecular weight is 513 g/mol. The van der Waals surface area contributed by atoms with E-state index in [4.69, 9.17) is 4.74 Å². The van der Waals surface area contributed by atoms with E-state index in [1.165, 1.54) is 12.1 Å². The van der Waals surface area contributed by atoms with Gasteiger partial charge in [-0.1, -0.05) is 56.2 Å². The van der Waals surface area contributed by atoms with E-state index in [0.717, 1.165) is 42.0 Å². The zero-order chi connectivity index (χ0) is 26.6. The predicted octanol–water partition coefficient (Wildman–Crippen LogP) is 7.32. The number of carbonyl (C=O) groups is 2. The van der Waals surface area contributed by atoms with Crippen molar-refractivity contribution in [3.63, 3.8) is 0 Å². The number of para-hydroxylation sites is 2. The molecule has 0 spiro atoms. The zero-order valence-electron chi connectivity index (χ0n) is 21.9. The summed E-state index contributed by atoms with van der Waals surface area (Å²) in [5.41, 5.74) is 4.45. The quantitative estimate of drug-likeness (QED) is 0.337. The van der Waals surface area contributed by atoms with Gasteiger partial charge in [0.25, 0.3) is 0 Å². The van der Waals surface area contributed by atoms with Crippen molar-refractivity contribution >= 4 is 23.1 Å². The van der Waals surface area contributed by atoms with Gasteiger partial charge in [0, 0.05) is 24.1 Å². The SMILES string of the molecule is CCCCCC(=O)N1c2ccccc2NC2=C(C(=O)CC(c3ccc(OC)cc3)C2)C1c1cccc(F)c1. The molecule has 0 saturated carbocycles. The van der Waals surface area contributed by atoms with Gasteiger partial charge >= 0.3 is 0 Å². The summed E-state index contributed by atoms with van der Waals surface area (Å²) < 4.78 is 19.8. The molecule has 1 N–H and O–H groups in total. The Bertz CT molecular complexity index is 1370. The molecular weight excluding hydrogens is 479 g/mol. The second-order valence-corrected chi connectivity index (χ2v) is 10.0. The van der Waals surface area contributed by atoms with Gasteiger partial charge in [0.2, 0.25) is 5.91 Å². The molecule has 2 aliphatic rings. The van der Waals surface area contributed by atoms with Crippen molar-refractivity contribution in [2.75, 3.05) is 17.3 Å². The Kier molecular flexibility index (Phi) is 7.59. The minimum atomic E-state index is -0.713. The second-order valence-electron chi connectivity index (χ2n) is 10.0. The molecular formula is C32H33FN2O3. The van der Waals surface area contributed by atoms with E-state index >= 15 is 0 Å². The van der Waals surface area contributed by atoms with Gasteiger partial charge in [0.15, 0.2) is 5.78 Å². The lowest BCUT2D eigenvalue weighted by atomic mass is 9.78. The molecule has 0 fully saturated rings. The lowest BCUT2D eigenvalue weighted by molar-refractivity contribution is -0.119. The molecule has 0 saturated heterocycles. The van der Waals surface area contributed by atoms with Crippen LogP contribution in [-0.2, 0) is 9.59 Å². The summed E-state index contributed by atoms with van der Waals surface area (Å²) >= 11 is 0. The molecule has 6 heteroatoms. The Morgan fingerprint density at radius 3 is 2.53 bits per heavy atom. The number of benzene rings is 3. The van der Waals surface area contributed by atoms with Crippen LogP contribution in [0.5, 0.6) is 5.75 Å². The first-order chi connectivity index (χ1) is 18.5. The Balaban J connectivity index is 1.64. The number of hydrogen-bond donors (Lipinski definition) is 1. The topological polar surface area (TPSA) is 58.6 Å². The van der Waals surface area contributed by atoms with Crippen LogP contribution in [0.25, 0.3) is 0 Å². The van der Waals surface area contributed by atoms with E-state index in [1.54, 1.807) is 18.1 Å². The maximum atomic E-state index is 14.5. The summed E-state index contributed by atoms with van der Waals surface area (Å²) in [4.78, 5) is 29.5. The van der Waals surface area contributed by atoms with Gasteiger partial charge in [-0.2, -0.15) is 0 Å². The minimum absolute atomic E-state index is 0.0215. The van der Waals surface area contributed by atoms with Crippen LogP contribution in [0.2, 0.25) is 0 Å². The Labute approximate surface area is 223 Å². The number of nitrogens with zero attached hydrogens (tertiary/aromatic N) is 1. The number of rotatable bonds is 7. The van der Waals surface area contributed by atoms with Gasteiger partial charge < -0.3 is 10.1 Å². The molecule has 0 aromatic heterocycles. The maximum absolute atomic E-state index is 14.5. The molecule has 0 radical (unpaired) electrons. The fourth-order valence-electron chi connectivity index (χ4n) is 5.62. The number of ketones is 1. The highest BCUT2D eigenvalue weighted by Crippen LogP contribution is 2.47. The van der Waals surface area contributed by atoms with Crippen LogP contribution in [0.15, 0.2) is 84.1 Å². The van der Waals surface area contributed by atoms with Crippen molar-refractivity contribution < 1.29 is 18.7 Å². The zero-order valence-corrected chi connectivity index (χ0v) is 21.9. The van der Waals surface area contributed by atoms with E-state index in [2.05, 4.69) is 12.2 Å². The number of amides is 1. The first-order valence-electron chi connectivity index (χ1n) is 13.3. The van der Waals surface area contributed by atoms with Crippen LogP contribution < -0.4 is 15.0 Å². The van der Waals surface area contributed by atoms with Crippen molar-refractivity contribution in [2.45, 2.75) is 57.4 Å². The summed E-state index contributed by atoms with van der Waals surface area (Å²) in [6.45, 7) is 2.10. The van der Waals surface area contributed by atoms with E-state index in [-0.39, 0.29) is 17.6 Å². The van der Waals surface area contributed by atoms with Crippen molar-refractivity contribution in [3.8, 4) is 5.75 Å². The Morgan fingerprint density at radius 2 is 1.79 bits per heavy atom. The van der Waals surface area contributed by atoms with Gasteiger partial charge in [-0.15, -0.1) is 0 Å². The minimum Gasteiger partial charge on any atom is -0.497 e. The highest BCUT2D eigenvalue weighted by molar-refractivity contribution is 6.06. The summed E-state index contributed by atoms with van der Waals surface area (Å²) in [6, 6.07) is 21.0. The van der Waals surface area contributed by atoms with Gasteiger partial charge in [0.1, 0.15) is 11.6 Å². The van der Waals surface area contributed by atoms with E-state index in [0.29, 0.717) is 36.1 Å². The molecule has 196 valence electrons. The molecule has 38 heavy (non-hydrogen) atoms. The fraction of sp³-hybridized carbons (Fsp3) is 0.312. The second kappa shape index (κ2) is 11.2. The third-order valence-corrected chi connectivity index (χ3v) is 7.50. The number of halogens is 1.